The van der Waals surface area contributed by atoms with Crippen molar-refractivity contribution >= 4 is 17.9 Å². The van der Waals surface area contributed by atoms with E-state index in [2.05, 4.69) is 40.0 Å². The van der Waals surface area contributed by atoms with Gasteiger partial charge in [-0.15, -0.1) is 0 Å². The van der Waals surface area contributed by atoms with Crippen molar-refractivity contribution in [2.24, 2.45) is 10.9 Å². The quantitative estimate of drug-likeness (QED) is 0.311. The maximum absolute atomic E-state index is 12.3. The Balaban J connectivity index is 1.37. The molecular weight excluding hydrogens is 430 g/mol. The van der Waals surface area contributed by atoms with Crippen LogP contribution in [0.5, 0.6) is 5.88 Å². The van der Waals surface area contributed by atoms with E-state index in [9.17, 15) is 4.79 Å². The van der Waals surface area contributed by atoms with Crippen LogP contribution in [-0.4, -0.2) is 56.7 Å². The Labute approximate surface area is 202 Å². The maximum atomic E-state index is 12.3. The van der Waals surface area contributed by atoms with Gasteiger partial charge in [0.2, 0.25) is 5.88 Å². The van der Waals surface area contributed by atoms with Crippen molar-refractivity contribution in [2.75, 3.05) is 44.4 Å². The number of aryl methyl sites for hydroxylation is 1. The zero-order valence-corrected chi connectivity index (χ0v) is 20.1. The summed E-state index contributed by atoms with van der Waals surface area (Å²) >= 11 is 0. The van der Waals surface area contributed by atoms with Crippen LogP contribution in [0.15, 0.2) is 41.4 Å². The first-order chi connectivity index (χ1) is 16.7. The minimum absolute atomic E-state index is 0.0504. The van der Waals surface area contributed by atoms with Gasteiger partial charge >= 0.3 is 5.97 Å². The molecule has 1 aliphatic carbocycles. The molecular formula is C27H35N3O4. The molecule has 0 bridgehead atoms. The molecule has 2 fully saturated rings. The lowest BCUT2D eigenvalue weighted by atomic mass is 9.89. The Morgan fingerprint density at radius 3 is 2.76 bits per heavy atom. The minimum Gasteiger partial charge on any atom is -0.474 e. The Hall–Kier alpha value is -2.93. The second-order valence-electron chi connectivity index (χ2n) is 8.99. The number of anilines is 1. The third-order valence-electron chi connectivity index (χ3n) is 6.27. The number of morpholine rings is 1. The molecule has 2 heterocycles. The third kappa shape index (κ3) is 7.29. The second kappa shape index (κ2) is 12.5. The molecule has 0 N–H and O–H groups in total. The SMILES string of the molecule is Cc1cccc(C=NCc2cc(N3CCOCC3)cc(OCCOC(=O)C3CCCCC3)n2)c1. The average Bonchev–Trinajstić information content (AvgIpc) is 2.87. The average molecular weight is 466 g/mol. The molecule has 1 aliphatic heterocycles. The maximum Gasteiger partial charge on any atom is 0.309 e. The topological polar surface area (TPSA) is 73.2 Å². The smallest absolute Gasteiger partial charge is 0.309 e. The van der Waals surface area contributed by atoms with Crippen LogP contribution in [0.1, 0.15) is 48.9 Å². The van der Waals surface area contributed by atoms with Gasteiger partial charge in [-0.3, -0.25) is 9.79 Å². The molecule has 0 radical (unpaired) electrons. The summed E-state index contributed by atoms with van der Waals surface area (Å²) in [7, 11) is 0. The van der Waals surface area contributed by atoms with E-state index < -0.39 is 0 Å². The summed E-state index contributed by atoms with van der Waals surface area (Å²) in [5, 5.41) is 0. The van der Waals surface area contributed by atoms with Crippen LogP contribution in [0.2, 0.25) is 0 Å². The number of carbonyl (C=O) groups excluding carboxylic acids is 1. The molecule has 0 spiro atoms. The molecule has 0 atom stereocenters. The lowest BCUT2D eigenvalue weighted by Crippen LogP contribution is -2.36. The monoisotopic (exact) mass is 465 g/mol. The molecule has 34 heavy (non-hydrogen) atoms. The van der Waals surface area contributed by atoms with Gasteiger partial charge in [0.1, 0.15) is 13.2 Å². The van der Waals surface area contributed by atoms with E-state index in [4.69, 9.17) is 14.2 Å². The molecule has 182 valence electrons. The van der Waals surface area contributed by atoms with Crippen LogP contribution >= 0.6 is 0 Å². The highest BCUT2D eigenvalue weighted by molar-refractivity contribution is 5.79. The van der Waals surface area contributed by atoms with Gasteiger partial charge in [0.15, 0.2) is 0 Å². The van der Waals surface area contributed by atoms with E-state index >= 15 is 0 Å². The number of esters is 1. The van der Waals surface area contributed by atoms with Gasteiger partial charge in [0, 0.05) is 31.1 Å². The van der Waals surface area contributed by atoms with Gasteiger partial charge in [-0.1, -0.05) is 49.1 Å². The van der Waals surface area contributed by atoms with Crippen molar-refractivity contribution in [1.29, 1.82) is 0 Å². The predicted octanol–water partition coefficient (Wildman–Crippen LogP) is 4.35. The highest BCUT2D eigenvalue weighted by Gasteiger charge is 2.22. The molecule has 1 saturated heterocycles. The van der Waals surface area contributed by atoms with Gasteiger partial charge in [0.25, 0.3) is 0 Å². The number of aromatic nitrogens is 1. The van der Waals surface area contributed by atoms with Crippen molar-refractivity contribution < 1.29 is 19.0 Å². The van der Waals surface area contributed by atoms with E-state index in [-0.39, 0.29) is 25.1 Å². The van der Waals surface area contributed by atoms with Crippen molar-refractivity contribution in [3.8, 4) is 5.88 Å². The molecule has 0 unspecified atom stereocenters. The van der Waals surface area contributed by atoms with E-state index in [0.717, 1.165) is 55.7 Å². The van der Waals surface area contributed by atoms with Crippen LogP contribution in [0.25, 0.3) is 0 Å². The number of pyridine rings is 1. The van der Waals surface area contributed by atoms with E-state index in [0.29, 0.717) is 25.6 Å². The molecule has 0 amide bonds. The Morgan fingerprint density at radius 2 is 1.97 bits per heavy atom. The van der Waals surface area contributed by atoms with Gasteiger partial charge < -0.3 is 19.1 Å². The summed E-state index contributed by atoms with van der Waals surface area (Å²) in [5.74, 6) is 0.484. The highest BCUT2D eigenvalue weighted by Crippen LogP contribution is 2.25. The summed E-state index contributed by atoms with van der Waals surface area (Å²) in [5.41, 5.74) is 4.16. The number of nitrogens with zero attached hydrogens (tertiary/aromatic N) is 3. The Morgan fingerprint density at radius 1 is 1.15 bits per heavy atom. The van der Waals surface area contributed by atoms with Gasteiger partial charge in [0.05, 0.1) is 31.4 Å². The lowest BCUT2D eigenvalue weighted by molar-refractivity contribution is -0.150. The first-order valence-electron chi connectivity index (χ1n) is 12.4. The molecule has 7 heteroatoms. The summed E-state index contributed by atoms with van der Waals surface area (Å²) in [6.07, 6.45) is 7.20. The minimum atomic E-state index is -0.0931. The largest absolute Gasteiger partial charge is 0.474 e. The summed E-state index contributed by atoms with van der Waals surface area (Å²) in [4.78, 5) is 23.8. The number of rotatable bonds is 9. The van der Waals surface area contributed by atoms with Crippen molar-refractivity contribution in [1.82, 2.24) is 4.98 Å². The van der Waals surface area contributed by atoms with Crippen LogP contribution in [-0.2, 0) is 20.8 Å². The number of aliphatic imine (C=N–C) groups is 1. The third-order valence-corrected chi connectivity index (χ3v) is 6.27. The fraction of sp³-hybridized carbons (Fsp3) is 0.519. The van der Waals surface area contributed by atoms with Gasteiger partial charge in [-0.2, -0.15) is 0 Å². The molecule has 1 saturated carbocycles. The number of carbonyl (C=O) groups is 1. The molecule has 4 rings (SSSR count). The highest BCUT2D eigenvalue weighted by atomic mass is 16.6. The number of ether oxygens (including phenoxy) is 3. The normalized spacial score (nSPS) is 17.1. The Kier molecular flexibility index (Phi) is 8.90. The van der Waals surface area contributed by atoms with Gasteiger partial charge in [-0.25, -0.2) is 4.98 Å². The van der Waals surface area contributed by atoms with Crippen molar-refractivity contribution in [3.05, 3.63) is 53.2 Å². The second-order valence-corrected chi connectivity index (χ2v) is 8.99. The van der Waals surface area contributed by atoms with Crippen LogP contribution in [0.3, 0.4) is 0 Å². The van der Waals surface area contributed by atoms with Crippen molar-refractivity contribution in [2.45, 2.75) is 45.6 Å². The first kappa shape index (κ1) is 24.2. The number of benzene rings is 1. The predicted molar refractivity (Wildman–Crippen MR) is 133 cm³/mol. The first-order valence-corrected chi connectivity index (χ1v) is 12.4. The van der Waals surface area contributed by atoms with E-state index in [1.165, 1.54) is 12.0 Å². The summed E-state index contributed by atoms with van der Waals surface area (Å²) in [6.45, 7) is 6.11. The zero-order chi connectivity index (χ0) is 23.6. The molecule has 1 aromatic heterocycles. The summed E-state index contributed by atoms with van der Waals surface area (Å²) < 4.78 is 16.9. The molecule has 2 aliphatic rings. The van der Waals surface area contributed by atoms with Crippen LogP contribution in [0.4, 0.5) is 5.69 Å². The standard InChI is InChI=1S/C27H35N3O4/c1-21-6-5-7-22(16-21)19-28-20-24-17-25(30-10-12-32-13-11-30)18-26(29-24)33-14-15-34-27(31)23-8-3-2-4-9-23/h5-7,16-19,23H,2-4,8-15,20H2,1H3. The lowest BCUT2D eigenvalue weighted by Gasteiger charge is -2.29. The van der Waals surface area contributed by atoms with Gasteiger partial charge in [-0.05, 0) is 31.4 Å². The zero-order valence-electron chi connectivity index (χ0n) is 20.1. The molecule has 1 aromatic carbocycles. The Bertz CT molecular complexity index is 966. The van der Waals surface area contributed by atoms with E-state index in [1.54, 1.807) is 0 Å². The fourth-order valence-corrected chi connectivity index (χ4v) is 4.44. The van der Waals surface area contributed by atoms with Crippen LogP contribution in [0, 0.1) is 12.8 Å². The fourth-order valence-electron chi connectivity index (χ4n) is 4.44. The van der Waals surface area contributed by atoms with Crippen LogP contribution < -0.4 is 9.64 Å². The van der Waals surface area contributed by atoms with Crippen molar-refractivity contribution in [3.63, 3.8) is 0 Å². The molecule has 7 nitrogen and oxygen atoms in total. The number of hydrogen-bond acceptors (Lipinski definition) is 7. The molecule has 2 aromatic rings. The summed E-state index contributed by atoms with van der Waals surface area (Å²) in [6, 6.07) is 12.3. The number of hydrogen-bond donors (Lipinski definition) is 0. The van der Waals surface area contributed by atoms with E-state index in [1.807, 2.05) is 24.4 Å².